The van der Waals surface area contributed by atoms with Crippen molar-refractivity contribution in [1.29, 1.82) is 0 Å². The number of H-pyrrole nitrogens is 1. The third-order valence-corrected chi connectivity index (χ3v) is 20.9. The first-order chi connectivity index (χ1) is 20.5. The number of imidazole rings is 1. The molecule has 2 aliphatic heterocycles. The van der Waals surface area contributed by atoms with E-state index in [0.717, 1.165) is 12.5 Å². The molecule has 0 saturated carbocycles. The van der Waals surface area contributed by atoms with Crippen molar-refractivity contribution in [1.82, 2.24) is 19.5 Å². The highest BCUT2D eigenvalue weighted by Gasteiger charge is 2.66. The van der Waals surface area contributed by atoms with Crippen LogP contribution in [0.4, 0.5) is 5.95 Å². The number of rotatable bonds is 12. The van der Waals surface area contributed by atoms with E-state index < -0.39 is 29.2 Å². The van der Waals surface area contributed by atoms with Crippen LogP contribution in [0.25, 0.3) is 11.2 Å². The summed E-state index contributed by atoms with van der Waals surface area (Å²) >= 11 is 0. The molecule has 0 unspecified atom stereocenters. The summed E-state index contributed by atoms with van der Waals surface area (Å²) in [5.74, 6) is 0.0414. The van der Waals surface area contributed by atoms with Gasteiger partial charge in [-0.1, -0.05) is 115 Å². The largest absolute Gasteiger partial charge is 0.406 e. The summed E-state index contributed by atoms with van der Waals surface area (Å²) in [4.78, 5) is 24.2. The number of aromatic nitrogens is 4. The minimum absolute atomic E-state index is 0.0414. The SMILES string of the molecule is CCCCCCCC[Si](O[C@@H]1[C@@H]2O[Si](C(C)(C)C)(C(C)(C)C)OC[C@H]2O[C@H]1n1cnc2c(=O)[nH]c(N)nc21)(C(C)C)C(C)C. The van der Waals surface area contributed by atoms with E-state index in [0.29, 0.717) is 23.3 Å². The van der Waals surface area contributed by atoms with Crippen LogP contribution < -0.4 is 11.3 Å². The third-order valence-electron chi connectivity index (χ3n) is 9.97. The summed E-state index contributed by atoms with van der Waals surface area (Å²) in [6.45, 7) is 25.4. The first-order valence-corrected chi connectivity index (χ1v) is 20.9. The van der Waals surface area contributed by atoms with E-state index in [2.05, 4.69) is 91.1 Å². The van der Waals surface area contributed by atoms with Gasteiger partial charge in [0, 0.05) is 10.1 Å². The lowest BCUT2D eigenvalue weighted by atomic mass is 10.1. The number of nitrogen functional groups attached to an aromatic ring is 1. The highest BCUT2D eigenvalue weighted by Crippen LogP contribution is 2.57. The molecule has 2 aromatic heterocycles. The zero-order valence-electron chi connectivity index (χ0n) is 29.2. The molecule has 0 aromatic carbocycles. The first kappa shape index (κ1) is 35.3. The minimum atomic E-state index is -2.83. The maximum atomic E-state index is 12.7. The summed E-state index contributed by atoms with van der Waals surface area (Å²) < 4.78 is 30.4. The van der Waals surface area contributed by atoms with E-state index in [1.807, 2.05) is 4.57 Å². The first-order valence-electron chi connectivity index (χ1n) is 16.9. The van der Waals surface area contributed by atoms with E-state index in [-0.39, 0.29) is 39.3 Å². The average molecular weight is 650 g/mol. The highest BCUT2D eigenvalue weighted by molar-refractivity contribution is 6.76. The molecule has 2 saturated heterocycles. The van der Waals surface area contributed by atoms with Gasteiger partial charge in [0.1, 0.15) is 18.3 Å². The molecule has 4 rings (SSSR count). The lowest BCUT2D eigenvalue weighted by molar-refractivity contribution is -0.0795. The van der Waals surface area contributed by atoms with Gasteiger partial charge in [-0.25, -0.2) is 4.98 Å². The number of nitrogens with zero attached hydrogens (tertiary/aromatic N) is 3. The maximum absolute atomic E-state index is 12.7. The molecule has 10 nitrogen and oxygen atoms in total. The Morgan fingerprint density at radius 1 is 1.07 bits per heavy atom. The Morgan fingerprint density at radius 3 is 2.27 bits per heavy atom. The van der Waals surface area contributed by atoms with Gasteiger partial charge in [0.15, 0.2) is 25.7 Å². The molecule has 3 N–H and O–H groups in total. The highest BCUT2D eigenvalue weighted by atomic mass is 28.4. The topological polar surface area (TPSA) is 127 Å². The Kier molecular flexibility index (Phi) is 10.6. The number of fused-ring (bicyclic) bond motifs is 2. The van der Waals surface area contributed by atoms with Gasteiger partial charge in [-0.15, -0.1) is 0 Å². The number of hydrogen-bond acceptors (Lipinski definition) is 8. The van der Waals surface area contributed by atoms with Crippen molar-refractivity contribution in [2.24, 2.45) is 0 Å². The number of nitrogens with one attached hydrogen (secondary N) is 1. The lowest BCUT2D eigenvalue weighted by Gasteiger charge is -2.54. The number of aromatic amines is 1. The van der Waals surface area contributed by atoms with E-state index in [1.54, 1.807) is 6.33 Å². The Hall–Kier alpha value is -1.58. The van der Waals surface area contributed by atoms with Crippen molar-refractivity contribution in [3.63, 3.8) is 0 Å². The lowest BCUT2D eigenvalue weighted by Crippen LogP contribution is -2.66. The molecule has 0 amide bonds. The van der Waals surface area contributed by atoms with Gasteiger partial charge in [0.2, 0.25) is 5.95 Å². The van der Waals surface area contributed by atoms with Gasteiger partial charge in [0.05, 0.1) is 12.9 Å². The summed E-state index contributed by atoms with van der Waals surface area (Å²) in [6, 6.07) is 1.09. The second-order valence-electron chi connectivity index (χ2n) is 15.7. The Labute approximate surface area is 266 Å². The van der Waals surface area contributed by atoms with Crippen molar-refractivity contribution in [3.05, 3.63) is 16.7 Å². The number of ether oxygens (including phenoxy) is 1. The Balaban J connectivity index is 1.79. The van der Waals surface area contributed by atoms with Crippen LogP contribution in [-0.4, -0.2) is 61.3 Å². The van der Waals surface area contributed by atoms with E-state index in [9.17, 15) is 4.79 Å². The molecule has 12 heteroatoms. The molecule has 0 radical (unpaired) electrons. The van der Waals surface area contributed by atoms with Gasteiger partial charge in [-0.3, -0.25) is 14.3 Å². The normalized spacial score (nSPS) is 24.5. The van der Waals surface area contributed by atoms with Crippen LogP contribution in [0.5, 0.6) is 0 Å². The fourth-order valence-corrected chi connectivity index (χ4v) is 17.5. The minimum Gasteiger partial charge on any atom is -0.406 e. The van der Waals surface area contributed by atoms with Gasteiger partial charge in [0.25, 0.3) is 5.56 Å². The number of unbranched alkanes of at least 4 members (excludes halogenated alkanes) is 5. The molecule has 250 valence electrons. The smallest absolute Gasteiger partial charge is 0.349 e. The van der Waals surface area contributed by atoms with Crippen LogP contribution in [-0.2, 0) is 18.0 Å². The van der Waals surface area contributed by atoms with E-state index in [4.69, 9.17) is 23.7 Å². The molecule has 0 aliphatic carbocycles. The van der Waals surface area contributed by atoms with Gasteiger partial charge in [-0.2, -0.15) is 4.98 Å². The van der Waals surface area contributed by atoms with Gasteiger partial charge < -0.3 is 23.7 Å². The predicted molar refractivity (Wildman–Crippen MR) is 181 cm³/mol. The van der Waals surface area contributed by atoms with E-state index >= 15 is 0 Å². The van der Waals surface area contributed by atoms with Crippen molar-refractivity contribution in [3.8, 4) is 0 Å². The molecular formula is C32H59N5O5Si2. The molecule has 2 fully saturated rings. The maximum Gasteiger partial charge on any atom is 0.349 e. The second-order valence-corrected chi connectivity index (χ2v) is 25.4. The molecule has 0 spiro atoms. The zero-order valence-corrected chi connectivity index (χ0v) is 31.2. The van der Waals surface area contributed by atoms with E-state index in [1.165, 1.54) is 32.1 Å². The predicted octanol–water partition coefficient (Wildman–Crippen LogP) is 7.57. The Bertz CT molecular complexity index is 1290. The van der Waals surface area contributed by atoms with Crippen molar-refractivity contribution in [2.75, 3.05) is 12.3 Å². The Morgan fingerprint density at radius 2 is 1.68 bits per heavy atom. The summed E-state index contributed by atoms with van der Waals surface area (Å²) in [5.41, 5.74) is 7.02. The fraction of sp³-hybridized carbons (Fsp3) is 0.844. The standard InChI is InChI=1S/C32H59N5O5Si2/c1-12-13-14-15-16-17-18-43(21(2)3,22(4)5)41-26-25-23(19-39-44(42-25,31(6,7)8)32(9,10)11)40-29(26)37-20-34-24-27(37)35-30(33)36-28(24)38/h20-23,25-26,29H,12-19H2,1-11H3,(H3,33,35,36,38)/t23-,25-,26-,29-/m1/s1. The monoisotopic (exact) mass is 649 g/mol. The molecule has 2 aliphatic rings. The number of anilines is 1. The van der Waals surface area contributed by atoms with Crippen LogP contribution in [0.2, 0.25) is 27.2 Å². The van der Waals surface area contributed by atoms with Crippen LogP contribution in [0.15, 0.2) is 11.1 Å². The van der Waals surface area contributed by atoms with Crippen LogP contribution in [0.3, 0.4) is 0 Å². The average Bonchev–Trinajstić information content (AvgIpc) is 3.49. The summed E-state index contributed by atoms with van der Waals surface area (Å²) in [6.07, 6.45) is 7.45. The van der Waals surface area contributed by atoms with Crippen molar-refractivity contribution >= 4 is 34.0 Å². The van der Waals surface area contributed by atoms with Crippen molar-refractivity contribution in [2.45, 2.75) is 166 Å². The third kappa shape index (κ3) is 6.49. The quantitative estimate of drug-likeness (QED) is 0.178. The molecule has 2 aromatic rings. The number of nitrogens with two attached hydrogens (primary N) is 1. The van der Waals surface area contributed by atoms with Gasteiger partial charge >= 0.3 is 8.56 Å². The number of hydrogen-bond donors (Lipinski definition) is 2. The van der Waals surface area contributed by atoms with Crippen LogP contribution in [0, 0.1) is 0 Å². The second kappa shape index (κ2) is 13.3. The summed E-state index contributed by atoms with van der Waals surface area (Å²) in [7, 11) is -5.21. The molecule has 4 heterocycles. The summed E-state index contributed by atoms with van der Waals surface area (Å²) in [5, 5.41) is -0.375. The molecule has 44 heavy (non-hydrogen) atoms. The zero-order chi connectivity index (χ0) is 32.7. The van der Waals surface area contributed by atoms with Crippen LogP contribution in [0.1, 0.15) is 121 Å². The fourth-order valence-electron chi connectivity index (χ4n) is 7.81. The van der Waals surface area contributed by atoms with Gasteiger partial charge in [-0.05, 0) is 17.1 Å². The van der Waals surface area contributed by atoms with Crippen LogP contribution >= 0.6 is 0 Å². The molecule has 0 bridgehead atoms. The molecular weight excluding hydrogens is 591 g/mol. The molecule has 4 atom stereocenters. The van der Waals surface area contributed by atoms with Crippen molar-refractivity contribution < 1.29 is 18.0 Å².